The van der Waals surface area contributed by atoms with Crippen molar-refractivity contribution in [2.45, 2.75) is 47.6 Å². The van der Waals surface area contributed by atoms with Crippen LogP contribution in [-0.4, -0.2) is 37.6 Å². The Hall–Kier alpha value is -2.54. The van der Waals surface area contributed by atoms with Crippen molar-refractivity contribution in [3.05, 3.63) is 56.3 Å². The smallest absolute Gasteiger partial charge is 0.251 e. The van der Waals surface area contributed by atoms with Crippen LogP contribution >= 0.6 is 11.3 Å². The van der Waals surface area contributed by atoms with Crippen LogP contribution in [0.15, 0.2) is 17.5 Å². The number of amides is 1. The molecule has 0 aliphatic rings. The highest BCUT2D eigenvalue weighted by atomic mass is 32.1. The second-order valence-corrected chi connectivity index (χ2v) is 7.97. The largest absolute Gasteiger partial charge is 0.340 e. The summed E-state index contributed by atoms with van der Waals surface area (Å²) in [5.41, 5.74) is 5.71. The summed E-state index contributed by atoms with van der Waals surface area (Å²) >= 11 is 1.69. The van der Waals surface area contributed by atoms with Crippen molar-refractivity contribution in [3.63, 3.8) is 0 Å². The minimum absolute atomic E-state index is 0.0786. The van der Waals surface area contributed by atoms with E-state index >= 15 is 0 Å². The molecule has 3 aromatic heterocycles. The molecule has 3 rings (SSSR count). The average molecular weight is 384 g/mol. The highest BCUT2D eigenvalue weighted by Gasteiger charge is 2.20. The number of hydrogen-bond acceptors (Lipinski definition) is 5. The standard InChI is InChI=1S/C20H25N5OS/c1-12-7-8-27-18(12)11-24(6)19(26)10-17-15(4)23-25(16(17)5)20-21-13(2)9-14(3)22-20/h7-9H,10-11H2,1-6H3. The Labute approximate surface area is 163 Å². The zero-order chi connectivity index (χ0) is 19.7. The highest BCUT2D eigenvalue weighted by molar-refractivity contribution is 7.10. The maximum Gasteiger partial charge on any atom is 0.251 e. The third-order valence-electron chi connectivity index (χ3n) is 4.70. The molecule has 6 nitrogen and oxygen atoms in total. The van der Waals surface area contributed by atoms with E-state index in [1.165, 1.54) is 10.4 Å². The summed E-state index contributed by atoms with van der Waals surface area (Å²) in [4.78, 5) is 24.7. The lowest BCUT2D eigenvalue weighted by Crippen LogP contribution is -2.28. The Morgan fingerprint density at radius 2 is 1.81 bits per heavy atom. The fraction of sp³-hybridized carbons (Fsp3) is 0.400. The normalized spacial score (nSPS) is 11.0. The lowest BCUT2D eigenvalue weighted by molar-refractivity contribution is -0.129. The maximum atomic E-state index is 12.8. The predicted molar refractivity (Wildman–Crippen MR) is 107 cm³/mol. The number of hydrogen-bond donors (Lipinski definition) is 0. The van der Waals surface area contributed by atoms with Crippen molar-refractivity contribution >= 4 is 17.2 Å². The van der Waals surface area contributed by atoms with Gasteiger partial charge in [-0.1, -0.05) is 0 Å². The van der Waals surface area contributed by atoms with Gasteiger partial charge in [0.2, 0.25) is 5.91 Å². The quantitative estimate of drug-likeness (QED) is 0.677. The number of nitrogens with zero attached hydrogens (tertiary/aromatic N) is 5. The van der Waals surface area contributed by atoms with Gasteiger partial charge in [0.05, 0.1) is 18.7 Å². The average Bonchev–Trinajstić information content (AvgIpc) is 3.11. The van der Waals surface area contributed by atoms with Gasteiger partial charge < -0.3 is 4.90 Å². The molecular formula is C20H25N5OS. The van der Waals surface area contributed by atoms with E-state index in [2.05, 4.69) is 33.4 Å². The number of thiophene rings is 1. The Morgan fingerprint density at radius 1 is 1.15 bits per heavy atom. The molecule has 142 valence electrons. The summed E-state index contributed by atoms with van der Waals surface area (Å²) < 4.78 is 1.74. The molecule has 0 saturated carbocycles. The topological polar surface area (TPSA) is 63.9 Å². The predicted octanol–water partition coefficient (Wildman–Crippen LogP) is 3.47. The fourth-order valence-electron chi connectivity index (χ4n) is 3.08. The third-order valence-corrected chi connectivity index (χ3v) is 5.71. The van der Waals surface area contributed by atoms with Crippen LogP contribution in [0, 0.1) is 34.6 Å². The summed E-state index contributed by atoms with van der Waals surface area (Å²) in [6, 6.07) is 4.02. The zero-order valence-corrected chi connectivity index (χ0v) is 17.5. The molecule has 0 fully saturated rings. The molecule has 7 heteroatoms. The second-order valence-electron chi connectivity index (χ2n) is 6.97. The SMILES string of the molecule is Cc1cc(C)nc(-n2nc(C)c(CC(=O)N(C)Cc3sccc3C)c2C)n1. The number of likely N-dealkylation sites (N-methyl/N-ethyl adjacent to an activating group) is 1. The van der Waals surface area contributed by atoms with Crippen LogP contribution in [-0.2, 0) is 17.8 Å². The lowest BCUT2D eigenvalue weighted by Gasteiger charge is -2.17. The molecule has 0 bridgehead atoms. The Bertz CT molecular complexity index is 968. The fourth-order valence-corrected chi connectivity index (χ4v) is 4.04. The van der Waals surface area contributed by atoms with Crippen LogP contribution in [0.1, 0.15) is 38.8 Å². The molecule has 0 unspecified atom stereocenters. The van der Waals surface area contributed by atoms with E-state index < -0.39 is 0 Å². The molecule has 0 aliphatic heterocycles. The monoisotopic (exact) mass is 383 g/mol. The number of carbonyl (C=O) groups excluding carboxylic acids is 1. The maximum absolute atomic E-state index is 12.8. The van der Waals surface area contributed by atoms with Gasteiger partial charge in [0, 0.05) is 34.6 Å². The first-order valence-corrected chi connectivity index (χ1v) is 9.79. The van der Waals surface area contributed by atoms with Crippen molar-refractivity contribution in [2.75, 3.05) is 7.05 Å². The van der Waals surface area contributed by atoms with Gasteiger partial charge in [-0.25, -0.2) is 14.6 Å². The van der Waals surface area contributed by atoms with E-state index in [0.717, 1.165) is 28.3 Å². The molecule has 27 heavy (non-hydrogen) atoms. The van der Waals surface area contributed by atoms with Gasteiger partial charge in [0.25, 0.3) is 5.95 Å². The van der Waals surface area contributed by atoms with E-state index in [0.29, 0.717) is 18.9 Å². The van der Waals surface area contributed by atoms with Crippen LogP contribution in [0.2, 0.25) is 0 Å². The van der Waals surface area contributed by atoms with Crippen LogP contribution in [0.5, 0.6) is 0 Å². The summed E-state index contributed by atoms with van der Waals surface area (Å²) in [6.45, 7) is 10.5. The van der Waals surface area contributed by atoms with Gasteiger partial charge in [-0.15, -0.1) is 11.3 Å². The zero-order valence-electron chi connectivity index (χ0n) is 16.7. The summed E-state index contributed by atoms with van der Waals surface area (Å²) in [5, 5.41) is 6.65. The first-order chi connectivity index (χ1) is 12.8. The van der Waals surface area contributed by atoms with Gasteiger partial charge in [-0.3, -0.25) is 4.79 Å². The van der Waals surface area contributed by atoms with Crippen molar-refractivity contribution in [3.8, 4) is 5.95 Å². The van der Waals surface area contributed by atoms with Crippen LogP contribution in [0.4, 0.5) is 0 Å². The van der Waals surface area contributed by atoms with Crippen LogP contribution < -0.4 is 0 Å². The Kier molecular flexibility index (Phi) is 5.41. The molecule has 0 spiro atoms. The summed E-state index contributed by atoms with van der Waals surface area (Å²) in [7, 11) is 1.85. The van der Waals surface area contributed by atoms with E-state index in [-0.39, 0.29) is 5.91 Å². The van der Waals surface area contributed by atoms with E-state index in [9.17, 15) is 4.79 Å². The third kappa shape index (κ3) is 4.08. The summed E-state index contributed by atoms with van der Waals surface area (Å²) in [6.07, 6.45) is 0.323. The molecule has 0 N–H and O–H groups in total. The molecule has 3 aromatic rings. The van der Waals surface area contributed by atoms with Crippen molar-refractivity contribution in [1.29, 1.82) is 0 Å². The van der Waals surface area contributed by atoms with Crippen molar-refractivity contribution in [1.82, 2.24) is 24.6 Å². The van der Waals surface area contributed by atoms with Gasteiger partial charge >= 0.3 is 0 Å². The summed E-state index contributed by atoms with van der Waals surface area (Å²) in [5.74, 6) is 0.629. The first-order valence-electron chi connectivity index (χ1n) is 8.91. The molecule has 0 aliphatic carbocycles. The molecule has 0 radical (unpaired) electrons. The number of aryl methyl sites for hydroxylation is 4. The molecule has 0 atom stereocenters. The van der Waals surface area contributed by atoms with E-state index in [4.69, 9.17) is 0 Å². The van der Waals surface area contributed by atoms with E-state index in [1.54, 1.807) is 20.9 Å². The number of rotatable bonds is 5. The van der Waals surface area contributed by atoms with Crippen LogP contribution in [0.25, 0.3) is 5.95 Å². The van der Waals surface area contributed by atoms with Crippen molar-refractivity contribution < 1.29 is 4.79 Å². The van der Waals surface area contributed by atoms with Gasteiger partial charge in [-0.2, -0.15) is 5.10 Å². The van der Waals surface area contributed by atoms with E-state index in [1.807, 2.05) is 40.8 Å². The molecular weight excluding hydrogens is 358 g/mol. The van der Waals surface area contributed by atoms with Crippen LogP contribution in [0.3, 0.4) is 0 Å². The van der Waals surface area contributed by atoms with Gasteiger partial charge in [0.1, 0.15) is 0 Å². The Morgan fingerprint density at radius 3 is 2.41 bits per heavy atom. The molecule has 0 aromatic carbocycles. The van der Waals surface area contributed by atoms with Crippen molar-refractivity contribution in [2.24, 2.45) is 0 Å². The number of carbonyl (C=O) groups is 1. The first kappa shape index (κ1) is 19.2. The molecule has 1 amide bonds. The minimum Gasteiger partial charge on any atom is -0.340 e. The highest BCUT2D eigenvalue weighted by Crippen LogP contribution is 2.20. The molecule has 0 saturated heterocycles. The molecule has 3 heterocycles. The van der Waals surface area contributed by atoms with Gasteiger partial charge in [0.15, 0.2) is 0 Å². The Balaban J connectivity index is 1.82. The van der Waals surface area contributed by atoms with Gasteiger partial charge in [-0.05, 0) is 57.7 Å². The number of aromatic nitrogens is 4. The second kappa shape index (κ2) is 7.60. The lowest BCUT2D eigenvalue weighted by atomic mass is 10.1. The minimum atomic E-state index is 0.0786.